The third-order valence-electron chi connectivity index (χ3n) is 4.87. The quantitative estimate of drug-likeness (QED) is 0.213. The Balaban J connectivity index is 5.17. The molecular weight excluding hydrogens is 408 g/mol. The van der Waals surface area contributed by atoms with Crippen molar-refractivity contribution < 1.29 is 34.2 Å². The lowest BCUT2D eigenvalue weighted by atomic mass is 9.99. The zero-order valence-electron chi connectivity index (χ0n) is 18.8. The molecule has 11 nitrogen and oxygen atoms in total. The highest BCUT2D eigenvalue weighted by Crippen LogP contribution is 2.09. The first-order valence-corrected chi connectivity index (χ1v) is 10.4. The standard InChI is InChI=1S/C20H36N4O7/c1-6-11(4)16(20(30)31)24-17(27)12(5)22-19(29)14(7-8-15(25)26)23-18(28)13(21)9-10(2)3/h10-14,16H,6-9,21H2,1-5H3,(H,22,29)(H,23,28)(H,24,27)(H,25,26)(H,30,31). The molecule has 0 aromatic heterocycles. The zero-order chi connectivity index (χ0) is 24.3. The molecule has 0 aromatic carbocycles. The van der Waals surface area contributed by atoms with Crippen LogP contribution in [-0.2, 0) is 24.0 Å². The number of carboxylic acid groups (broad SMARTS) is 2. The molecule has 0 radical (unpaired) electrons. The van der Waals surface area contributed by atoms with Crippen molar-refractivity contribution in [3.8, 4) is 0 Å². The summed E-state index contributed by atoms with van der Waals surface area (Å²) in [5.74, 6) is -4.59. The predicted octanol–water partition coefficient (Wildman–Crippen LogP) is -0.170. The summed E-state index contributed by atoms with van der Waals surface area (Å²) in [5.41, 5.74) is 5.82. The van der Waals surface area contributed by atoms with Gasteiger partial charge in [0.2, 0.25) is 17.7 Å². The van der Waals surface area contributed by atoms with Crippen molar-refractivity contribution in [2.45, 2.75) is 84.5 Å². The van der Waals surface area contributed by atoms with Crippen LogP contribution in [0.1, 0.15) is 60.3 Å². The van der Waals surface area contributed by atoms with Gasteiger partial charge in [-0.25, -0.2) is 4.79 Å². The van der Waals surface area contributed by atoms with Crippen molar-refractivity contribution in [2.75, 3.05) is 0 Å². The normalized spacial score (nSPS) is 15.8. The van der Waals surface area contributed by atoms with Gasteiger partial charge in [0.1, 0.15) is 18.1 Å². The van der Waals surface area contributed by atoms with Gasteiger partial charge in [0.15, 0.2) is 0 Å². The Morgan fingerprint density at radius 2 is 1.45 bits per heavy atom. The summed E-state index contributed by atoms with van der Waals surface area (Å²) in [7, 11) is 0. The minimum absolute atomic E-state index is 0.142. The molecular formula is C20H36N4O7. The number of rotatable bonds is 14. The zero-order valence-corrected chi connectivity index (χ0v) is 18.8. The van der Waals surface area contributed by atoms with E-state index in [1.54, 1.807) is 13.8 Å². The number of hydrogen-bond donors (Lipinski definition) is 6. The maximum Gasteiger partial charge on any atom is 0.326 e. The molecule has 0 aliphatic rings. The molecule has 0 saturated heterocycles. The summed E-state index contributed by atoms with van der Waals surface area (Å²) in [6.07, 6.45) is 0.329. The van der Waals surface area contributed by atoms with E-state index >= 15 is 0 Å². The molecule has 0 bridgehead atoms. The minimum atomic E-state index is -1.21. The van der Waals surface area contributed by atoms with Gasteiger partial charge >= 0.3 is 11.9 Å². The number of aliphatic carboxylic acids is 2. The summed E-state index contributed by atoms with van der Waals surface area (Å²) in [6.45, 7) is 8.60. The van der Waals surface area contributed by atoms with Crippen LogP contribution >= 0.6 is 0 Å². The molecule has 0 rings (SSSR count). The second-order valence-electron chi connectivity index (χ2n) is 8.17. The van der Waals surface area contributed by atoms with Crippen LogP contribution in [-0.4, -0.2) is 64.0 Å². The number of carbonyl (C=O) groups excluding carboxylic acids is 3. The van der Waals surface area contributed by atoms with E-state index in [1.165, 1.54) is 6.92 Å². The first kappa shape index (κ1) is 28.3. The van der Waals surface area contributed by atoms with Gasteiger partial charge in [-0.1, -0.05) is 34.1 Å². The van der Waals surface area contributed by atoms with Gasteiger partial charge in [0.05, 0.1) is 6.04 Å². The summed E-state index contributed by atoms with van der Waals surface area (Å²) in [4.78, 5) is 59.5. The maximum absolute atomic E-state index is 12.6. The number of carbonyl (C=O) groups is 5. The molecule has 0 saturated carbocycles. The molecule has 11 heteroatoms. The van der Waals surface area contributed by atoms with Crippen LogP contribution in [0.5, 0.6) is 0 Å². The topological polar surface area (TPSA) is 188 Å². The van der Waals surface area contributed by atoms with Crippen molar-refractivity contribution in [1.82, 2.24) is 16.0 Å². The van der Waals surface area contributed by atoms with Gasteiger partial charge in [-0.05, 0) is 31.6 Å². The molecule has 3 amide bonds. The third-order valence-corrected chi connectivity index (χ3v) is 4.87. The van der Waals surface area contributed by atoms with Crippen LogP contribution in [0.4, 0.5) is 0 Å². The number of nitrogens with two attached hydrogens (primary N) is 1. The van der Waals surface area contributed by atoms with Crippen LogP contribution in [0.3, 0.4) is 0 Å². The van der Waals surface area contributed by atoms with E-state index in [9.17, 15) is 29.1 Å². The number of amides is 3. The van der Waals surface area contributed by atoms with Crippen LogP contribution < -0.4 is 21.7 Å². The molecule has 0 spiro atoms. The van der Waals surface area contributed by atoms with E-state index in [1.807, 2.05) is 13.8 Å². The van der Waals surface area contributed by atoms with Crippen molar-refractivity contribution >= 4 is 29.7 Å². The maximum atomic E-state index is 12.6. The molecule has 5 unspecified atom stereocenters. The average molecular weight is 445 g/mol. The van der Waals surface area contributed by atoms with E-state index in [2.05, 4.69) is 16.0 Å². The molecule has 0 heterocycles. The average Bonchev–Trinajstić information content (AvgIpc) is 2.66. The molecule has 0 fully saturated rings. The van der Waals surface area contributed by atoms with Gasteiger partial charge in [-0.2, -0.15) is 0 Å². The monoisotopic (exact) mass is 444 g/mol. The first-order valence-electron chi connectivity index (χ1n) is 10.4. The summed E-state index contributed by atoms with van der Waals surface area (Å²) in [5, 5.41) is 25.4. The first-order chi connectivity index (χ1) is 14.3. The second kappa shape index (κ2) is 13.6. The van der Waals surface area contributed by atoms with Gasteiger partial charge in [0.25, 0.3) is 0 Å². The van der Waals surface area contributed by atoms with E-state index < -0.39 is 53.8 Å². The fourth-order valence-corrected chi connectivity index (χ4v) is 2.77. The van der Waals surface area contributed by atoms with E-state index in [4.69, 9.17) is 10.8 Å². The van der Waals surface area contributed by atoms with Gasteiger partial charge in [-0.15, -0.1) is 0 Å². The largest absolute Gasteiger partial charge is 0.481 e. The van der Waals surface area contributed by atoms with Gasteiger partial charge in [-0.3, -0.25) is 19.2 Å². The van der Waals surface area contributed by atoms with E-state index in [0.29, 0.717) is 12.8 Å². The summed E-state index contributed by atoms with van der Waals surface area (Å²) >= 11 is 0. The van der Waals surface area contributed by atoms with Gasteiger partial charge < -0.3 is 31.9 Å². The summed E-state index contributed by atoms with van der Waals surface area (Å²) < 4.78 is 0. The molecule has 31 heavy (non-hydrogen) atoms. The van der Waals surface area contributed by atoms with Crippen LogP contribution in [0.25, 0.3) is 0 Å². The third kappa shape index (κ3) is 10.8. The molecule has 178 valence electrons. The summed E-state index contributed by atoms with van der Waals surface area (Å²) in [6, 6.07) is -4.30. The lowest BCUT2D eigenvalue weighted by molar-refractivity contribution is -0.143. The molecule has 5 atom stereocenters. The minimum Gasteiger partial charge on any atom is -0.481 e. The van der Waals surface area contributed by atoms with E-state index in [-0.39, 0.29) is 24.7 Å². The van der Waals surface area contributed by atoms with Gasteiger partial charge in [0, 0.05) is 6.42 Å². The number of carboxylic acids is 2. The van der Waals surface area contributed by atoms with E-state index in [0.717, 1.165) is 0 Å². The Bertz CT molecular complexity index is 653. The Labute approximate surface area is 182 Å². The fourth-order valence-electron chi connectivity index (χ4n) is 2.77. The van der Waals surface area contributed by atoms with Crippen LogP contribution in [0.2, 0.25) is 0 Å². The Kier molecular flexibility index (Phi) is 12.4. The molecule has 7 N–H and O–H groups in total. The highest BCUT2D eigenvalue weighted by molar-refractivity contribution is 5.94. The fraction of sp³-hybridized carbons (Fsp3) is 0.750. The second-order valence-corrected chi connectivity index (χ2v) is 8.17. The Hall–Kier alpha value is -2.69. The van der Waals surface area contributed by atoms with Crippen LogP contribution in [0.15, 0.2) is 0 Å². The predicted molar refractivity (Wildman–Crippen MR) is 113 cm³/mol. The highest BCUT2D eigenvalue weighted by atomic mass is 16.4. The lowest BCUT2D eigenvalue weighted by Gasteiger charge is -2.25. The Morgan fingerprint density at radius 3 is 1.90 bits per heavy atom. The van der Waals surface area contributed by atoms with Crippen molar-refractivity contribution in [3.05, 3.63) is 0 Å². The molecule has 0 aliphatic carbocycles. The lowest BCUT2D eigenvalue weighted by Crippen LogP contribution is -2.57. The highest BCUT2D eigenvalue weighted by Gasteiger charge is 2.30. The SMILES string of the molecule is CCC(C)C(NC(=O)C(C)NC(=O)C(CCC(=O)O)NC(=O)C(N)CC(C)C)C(=O)O. The number of hydrogen-bond acceptors (Lipinski definition) is 6. The van der Waals surface area contributed by atoms with Crippen molar-refractivity contribution in [3.63, 3.8) is 0 Å². The van der Waals surface area contributed by atoms with Crippen molar-refractivity contribution in [1.29, 1.82) is 0 Å². The van der Waals surface area contributed by atoms with Crippen molar-refractivity contribution in [2.24, 2.45) is 17.6 Å². The molecule has 0 aromatic rings. The Morgan fingerprint density at radius 1 is 0.871 bits per heavy atom. The smallest absolute Gasteiger partial charge is 0.326 e. The molecule has 0 aliphatic heterocycles. The number of nitrogens with one attached hydrogen (secondary N) is 3. The van der Waals surface area contributed by atoms with Crippen LogP contribution in [0, 0.1) is 11.8 Å².